The molecule has 1 amide bonds. The molecule has 0 saturated carbocycles. The Kier molecular flexibility index (Phi) is 9.12. The van der Waals surface area contributed by atoms with Crippen LogP contribution in [0.2, 0.25) is 0 Å². The lowest BCUT2D eigenvalue weighted by molar-refractivity contribution is -0.137. The average Bonchev–Trinajstić information content (AvgIpc) is 2.76. The number of amides is 1. The number of ether oxygens (including phenoxy) is 2. The van der Waals surface area contributed by atoms with Crippen LogP contribution in [0.25, 0.3) is 6.08 Å². The van der Waals surface area contributed by atoms with Gasteiger partial charge in [0.25, 0.3) is 0 Å². The first-order chi connectivity index (χ1) is 15.0. The minimum atomic E-state index is -0.630. The average molecular weight is 421 g/mol. The molecule has 0 spiro atoms. The van der Waals surface area contributed by atoms with Gasteiger partial charge in [0.15, 0.2) is 0 Å². The zero-order chi connectivity index (χ0) is 22.6. The molecule has 0 aliphatic rings. The standard InChI is InChI=1S/C24H27N3O4/c1-4-27(13-14-31-24(29)26-21-9-7-6-8-10-21)22-12-11-19(18(3)15-22)16-20(17-25)23(28)30-5-2/h6-12,15-16H,4-5,13-14H2,1-3H3,(H,26,29)/b20-16-. The minimum Gasteiger partial charge on any atom is -0.462 e. The number of nitrogens with zero attached hydrogens (tertiary/aromatic N) is 2. The Bertz CT molecular complexity index is 965. The molecule has 0 unspecified atom stereocenters. The van der Waals surface area contributed by atoms with E-state index in [1.165, 1.54) is 6.08 Å². The summed E-state index contributed by atoms with van der Waals surface area (Å²) < 4.78 is 10.2. The van der Waals surface area contributed by atoms with Gasteiger partial charge in [-0.2, -0.15) is 5.26 Å². The lowest BCUT2D eigenvalue weighted by atomic mass is 10.0. The second kappa shape index (κ2) is 12.0. The maximum atomic E-state index is 11.9. The van der Waals surface area contributed by atoms with E-state index in [4.69, 9.17) is 9.47 Å². The number of nitriles is 1. The number of benzene rings is 2. The molecule has 0 saturated heterocycles. The van der Waals surface area contributed by atoms with Crippen LogP contribution in [0.3, 0.4) is 0 Å². The van der Waals surface area contributed by atoms with E-state index >= 15 is 0 Å². The maximum absolute atomic E-state index is 11.9. The van der Waals surface area contributed by atoms with Gasteiger partial charge in [-0.1, -0.05) is 24.3 Å². The fourth-order valence-corrected chi connectivity index (χ4v) is 2.91. The van der Waals surface area contributed by atoms with Crippen molar-refractivity contribution in [1.29, 1.82) is 5.26 Å². The van der Waals surface area contributed by atoms with Gasteiger partial charge in [-0.15, -0.1) is 0 Å². The van der Waals surface area contributed by atoms with E-state index in [9.17, 15) is 14.9 Å². The molecule has 7 heteroatoms. The molecular weight excluding hydrogens is 394 g/mol. The van der Waals surface area contributed by atoms with Gasteiger partial charge in [-0.25, -0.2) is 9.59 Å². The van der Waals surface area contributed by atoms with Gasteiger partial charge in [-0.05, 0) is 62.2 Å². The molecule has 0 aliphatic heterocycles. The smallest absolute Gasteiger partial charge is 0.411 e. The molecule has 2 rings (SSSR count). The van der Waals surface area contributed by atoms with Crippen LogP contribution in [0.4, 0.5) is 16.2 Å². The largest absolute Gasteiger partial charge is 0.462 e. The van der Waals surface area contributed by atoms with Crippen molar-refractivity contribution in [3.05, 3.63) is 65.2 Å². The normalized spacial score (nSPS) is 10.7. The summed E-state index contributed by atoms with van der Waals surface area (Å²) in [5, 5.41) is 11.9. The number of esters is 1. The number of nitrogens with one attached hydrogen (secondary N) is 1. The molecule has 0 radical (unpaired) electrons. The number of rotatable bonds is 9. The Morgan fingerprint density at radius 1 is 1.13 bits per heavy atom. The molecule has 2 aromatic carbocycles. The number of carbonyl (C=O) groups excluding carboxylic acids is 2. The van der Waals surface area contributed by atoms with Crippen molar-refractivity contribution < 1.29 is 19.1 Å². The first-order valence-corrected chi connectivity index (χ1v) is 10.1. The predicted molar refractivity (Wildman–Crippen MR) is 121 cm³/mol. The summed E-state index contributed by atoms with van der Waals surface area (Å²) in [6.07, 6.45) is 1.03. The van der Waals surface area contributed by atoms with Gasteiger partial charge in [0, 0.05) is 17.9 Å². The molecule has 0 fully saturated rings. The number of hydrogen-bond acceptors (Lipinski definition) is 6. The SMILES string of the molecule is CCOC(=O)/C(C#N)=C\c1ccc(N(CC)CCOC(=O)Nc2ccccc2)cc1C. The summed E-state index contributed by atoms with van der Waals surface area (Å²) in [7, 11) is 0. The number of para-hydroxylation sites is 1. The van der Waals surface area contributed by atoms with Crippen molar-refractivity contribution in [2.45, 2.75) is 20.8 Å². The molecule has 7 nitrogen and oxygen atoms in total. The molecule has 1 N–H and O–H groups in total. The van der Waals surface area contributed by atoms with Crippen molar-refractivity contribution in [2.24, 2.45) is 0 Å². The Morgan fingerprint density at radius 2 is 1.87 bits per heavy atom. The number of aryl methyl sites for hydroxylation is 1. The summed E-state index contributed by atoms with van der Waals surface area (Å²) in [5.41, 5.74) is 3.28. The fraction of sp³-hybridized carbons (Fsp3) is 0.292. The lowest BCUT2D eigenvalue weighted by Crippen LogP contribution is -2.29. The summed E-state index contributed by atoms with van der Waals surface area (Å²) in [5.74, 6) is -0.630. The molecule has 2 aromatic rings. The highest BCUT2D eigenvalue weighted by molar-refractivity contribution is 5.98. The molecule has 0 bridgehead atoms. The van der Waals surface area contributed by atoms with Crippen LogP contribution in [0.5, 0.6) is 0 Å². The van der Waals surface area contributed by atoms with Crippen LogP contribution in [-0.4, -0.2) is 38.4 Å². The second-order valence-corrected chi connectivity index (χ2v) is 6.64. The van der Waals surface area contributed by atoms with Crippen LogP contribution in [0.1, 0.15) is 25.0 Å². The van der Waals surface area contributed by atoms with E-state index in [-0.39, 0.29) is 18.8 Å². The fourth-order valence-electron chi connectivity index (χ4n) is 2.91. The van der Waals surface area contributed by atoms with Crippen LogP contribution >= 0.6 is 0 Å². The van der Waals surface area contributed by atoms with Crippen LogP contribution in [0, 0.1) is 18.3 Å². The molecule has 0 aromatic heterocycles. The van der Waals surface area contributed by atoms with E-state index in [2.05, 4.69) is 10.2 Å². The van der Waals surface area contributed by atoms with E-state index in [0.717, 1.165) is 23.4 Å². The first kappa shape index (κ1) is 23.5. The summed E-state index contributed by atoms with van der Waals surface area (Å²) in [6.45, 7) is 7.32. The molecule has 0 atom stereocenters. The topological polar surface area (TPSA) is 91.7 Å². The number of anilines is 2. The molecule has 0 heterocycles. The van der Waals surface area contributed by atoms with Crippen LogP contribution in [-0.2, 0) is 14.3 Å². The Balaban J connectivity index is 1.99. The lowest BCUT2D eigenvalue weighted by Gasteiger charge is -2.23. The third kappa shape index (κ3) is 7.19. The van der Waals surface area contributed by atoms with Crippen molar-refractivity contribution in [3.8, 4) is 6.07 Å². The predicted octanol–water partition coefficient (Wildman–Crippen LogP) is 4.54. The summed E-state index contributed by atoms with van der Waals surface area (Å²) >= 11 is 0. The molecule has 31 heavy (non-hydrogen) atoms. The molecule has 0 aliphatic carbocycles. The quantitative estimate of drug-likeness (QED) is 0.363. The van der Waals surface area contributed by atoms with E-state index in [0.29, 0.717) is 12.2 Å². The van der Waals surface area contributed by atoms with Gasteiger partial charge >= 0.3 is 12.1 Å². The van der Waals surface area contributed by atoms with Crippen molar-refractivity contribution in [3.63, 3.8) is 0 Å². The highest BCUT2D eigenvalue weighted by atomic mass is 16.5. The van der Waals surface area contributed by atoms with Gasteiger partial charge in [0.05, 0.1) is 13.2 Å². The third-order valence-corrected chi connectivity index (χ3v) is 4.53. The minimum absolute atomic E-state index is 0.0390. The maximum Gasteiger partial charge on any atom is 0.411 e. The molecular formula is C24H27N3O4. The first-order valence-electron chi connectivity index (χ1n) is 10.1. The van der Waals surface area contributed by atoms with E-state index < -0.39 is 12.1 Å². The number of carbonyl (C=O) groups is 2. The van der Waals surface area contributed by atoms with E-state index in [1.807, 2.05) is 56.3 Å². The van der Waals surface area contributed by atoms with Gasteiger partial charge in [0.2, 0.25) is 0 Å². The van der Waals surface area contributed by atoms with Crippen LogP contribution in [0.15, 0.2) is 54.1 Å². The summed E-state index contributed by atoms with van der Waals surface area (Å²) in [6, 6.07) is 16.7. The number of likely N-dealkylation sites (N-methyl/N-ethyl adjacent to an activating group) is 1. The highest BCUT2D eigenvalue weighted by Gasteiger charge is 2.12. The Hall–Kier alpha value is -3.79. The van der Waals surface area contributed by atoms with Crippen molar-refractivity contribution in [1.82, 2.24) is 0 Å². The van der Waals surface area contributed by atoms with Gasteiger partial charge < -0.3 is 14.4 Å². The Morgan fingerprint density at radius 3 is 2.48 bits per heavy atom. The zero-order valence-electron chi connectivity index (χ0n) is 18.1. The van der Waals surface area contributed by atoms with Crippen LogP contribution < -0.4 is 10.2 Å². The zero-order valence-corrected chi connectivity index (χ0v) is 18.1. The van der Waals surface area contributed by atoms with Crippen molar-refractivity contribution in [2.75, 3.05) is 36.5 Å². The Labute approximate surface area is 182 Å². The van der Waals surface area contributed by atoms with Crippen molar-refractivity contribution >= 4 is 29.5 Å². The number of hydrogen-bond donors (Lipinski definition) is 1. The second-order valence-electron chi connectivity index (χ2n) is 6.64. The molecule has 162 valence electrons. The third-order valence-electron chi connectivity index (χ3n) is 4.53. The monoisotopic (exact) mass is 421 g/mol. The highest BCUT2D eigenvalue weighted by Crippen LogP contribution is 2.21. The van der Waals surface area contributed by atoms with Gasteiger partial charge in [0.1, 0.15) is 18.2 Å². The van der Waals surface area contributed by atoms with Gasteiger partial charge in [-0.3, -0.25) is 5.32 Å². The van der Waals surface area contributed by atoms with E-state index in [1.54, 1.807) is 19.1 Å². The summed E-state index contributed by atoms with van der Waals surface area (Å²) in [4.78, 5) is 25.8.